The summed E-state index contributed by atoms with van der Waals surface area (Å²) in [4.78, 5) is 15.8. The quantitative estimate of drug-likeness (QED) is 0.634. The van der Waals surface area contributed by atoms with Crippen molar-refractivity contribution in [3.05, 3.63) is 0 Å². The van der Waals surface area contributed by atoms with Crippen LogP contribution < -0.4 is 5.32 Å². The maximum absolute atomic E-state index is 11.6. The molecule has 0 bridgehead atoms. The molecule has 18 heavy (non-hydrogen) atoms. The predicted molar refractivity (Wildman–Crippen MR) is 68.0 cm³/mol. The van der Waals surface area contributed by atoms with Gasteiger partial charge in [0.2, 0.25) is 5.91 Å². The molecule has 1 saturated heterocycles. The minimum Gasteiger partial charge on any atom is -0.374 e. The Hall–Kier alpha value is -1.16. The first kappa shape index (κ1) is 14.9. The van der Waals surface area contributed by atoms with Crippen LogP contribution in [0, 0.1) is 11.3 Å². The lowest BCUT2D eigenvalue weighted by Crippen LogP contribution is -2.49. The van der Waals surface area contributed by atoms with Crippen molar-refractivity contribution >= 4 is 5.91 Å². The maximum atomic E-state index is 11.6. The SMILES string of the molecule is CN(C)C[C@H]1CN(CC(=O)NCCC#N)CCO1. The van der Waals surface area contributed by atoms with E-state index in [0.717, 1.165) is 19.6 Å². The van der Waals surface area contributed by atoms with Crippen LogP contribution in [0.15, 0.2) is 0 Å². The summed E-state index contributed by atoms with van der Waals surface area (Å²) in [7, 11) is 4.02. The molecule has 1 atom stereocenters. The first-order chi connectivity index (χ1) is 8.61. The molecule has 1 aliphatic rings. The maximum Gasteiger partial charge on any atom is 0.234 e. The minimum absolute atomic E-state index is 0.0178. The Morgan fingerprint density at radius 2 is 2.39 bits per heavy atom. The summed E-state index contributed by atoms with van der Waals surface area (Å²) in [6, 6.07) is 2.00. The van der Waals surface area contributed by atoms with E-state index in [4.69, 9.17) is 10.00 Å². The van der Waals surface area contributed by atoms with Gasteiger partial charge in [-0.3, -0.25) is 9.69 Å². The van der Waals surface area contributed by atoms with Crippen LogP contribution in [0.3, 0.4) is 0 Å². The number of amides is 1. The Morgan fingerprint density at radius 3 is 3.06 bits per heavy atom. The van der Waals surface area contributed by atoms with Crippen LogP contribution >= 0.6 is 0 Å². The average molecular weight is 254 g/mol. The molecule has 1 amide bonds. The highest BCUT2D eigenvalue weighted by Gasteiger charge is 2.22. The molecule has 0 aromatic heterocycles. The van der Waals surface area contributed by atoms with Crippen molar-refractivity contribution in [2.24, 2.45) is 0 Å². The summed E-state index contributed by atoms with van der Waals surface area (Å²) >= 11 is 0. The van der Waals surface area contributed by atoms with Crippen LogP contribution in [-0.2, 0) is 9.53 Å². The number of nitrogens with one attached hydrogen (secondary N) is 1. The van der Waals surface area contributed by atoms with Gasteiger partial charge in [-0.15, -0.1) is 0 Å². The normalized spacial score (nSPS) is 20.7. The number of morpholine rings is 1. The van der Waals surface area contributed by atoms with Gasteiger partial charge in [-0.2, -0.15) is 5.26 Å². The summed E-state index contributed by atoms with van der Waals surface area (Å²) in [5.41, 5.74) is 0. The molecule has 0 spiro atoms. The summed E-state index contributed by atoms with van der Waals surface area (Å²) in [6.07, 6.45) is 0.527. The topological polar surface area (TPSA) is 68.6 Å². The number of likely N-dealkylation sites (N-methyl/N-ethyl adjacent to an activating group) is 1. The third-order valence-electron chi connectivity index (χ3n) is 2.72. The van der Waals surface area contributed by atoms with Gasteiger partial charge < -0.3 is 15.0 Å². The van der Waals surface area contributed by atoms with Crippen LogP contribution in [0.2, 0.25) is 0 Å². The van der Waals surface area contributed by atoms with Crippen LogP contribution in [-0.4, -0.2) is 75.2 Å². The molecule has 6 heteroatoms. The number of carbonyl (C=O) groups excluding carboxylic acids is 1. The van der Waals surface area contributed by atoms with E-state index < -0.39 is 0 Å². The average Bonchev–Trinajstić information content (AvgIpc) is 2.28. The van der Waals surface area contributed by atoms with Gasteiger partial charge in [0.05, 0.1) is 31.7 Å². The Morgan fingerprint density at radius 1 is 1.61 bits per heavy atom. The molecule has 0 saturated carbocycles. The summed E-state index contributed by atoms with van der Waals surface area (Å²) in [5, 5.41) is 11.1. The van der Waals surface area contributed by atoms with Crippen molar-refractivity contribution in [2.45, 2.75) is 12.5 Å². The van der Waals surface area contributed by atoms with E-state index in [-0.39, 0.29) is 12.0 Å². The van der Waals surface area contributed by atoms with Crippen molar-refractivity contribution in [1.82, 2.24) is 15.1 Å². The second-order valence-electron chi connectivity index (χ2n) is 4.75. The van der Waals surface area contributed by atoms with Gasteiger partial charge in [0.25, 0.3) is 0 Å². The van der Waals surface area contributed by atoms with Crippen molar-refractivity contribution < 1.29 is 9.53 Å². The molecular weight excluding hydrogens is 232 g/mol. The van der Waals surface area contributed by atoms with Gasteiger partial charge in [0.1, 0.15) is 0 Å². The Kier molecular flexibility index (Phi) is 6.65. The fourth-order valence-corrected chi connectivity index (χ4v) is 1.96. The van der Waals surface area contributed by atoms with Crippen LogP contribution in [0.5, 0.6) is 0 Å². The monoisotopic (exact) mass is 254 g/mol. The molecular formula is C12H22N4O2. The fourth-order valence-electron chi connectivity index (χ4n) is 1.96. The first-order valence-corrected chi connectivity index (χ1v) is 6.24. The van der Waals surface area contributed by atoms with Crippen molar-refractivity contribution in [1.29, 1.82) is 5.26 Å². The Labute approximate surface area is 108 Å². The lowest BCUT2D eigenvalue weighted by molar-refractivity contribution is -0.124. The molecule has 0 aromatic carbocycles. The fraction of sp³-hybridized carbons (Fsp3) is 0.833. The van der Waals surface area contributed by atoms with E-state index in [0.29, 0.717) is 26.1 Å². The van der Waals surface area contributed by atoms with Gasteiger partial charge >= 0.3 is 0 Å². The van der Waals surface area contributed by atoms with E-state index in [1.807, 2.05) is 20.2 Å². The molecule has 6 nitrogen and oxygen atoms in total. The van der Waals surface area contributed by atoms with Gasteiger partial charge in [0.15, 0.2) is 0 Å². The van der Waals surface area contributed by atoms with Gasteiger partial charge in [-0.05, 0) is 14.1 Å². The molecule has 0 radical (unpaired) electrons. The molecule has 0 aliphatic carbocycles. The third-order valence-corrected chi connectivity index (χ3v) is 2.72. The lowest BCUT2D eigenvalue weighted by Gasteiger charge is -2.33. The summed E-state index contributed by atoms with van der Waals surface area (Å²) < 4.78 is 5.64. The zero-order chi connectivity index (χ0) is 13.4. The molecule has 1 heterocycles. The van der Waals surface area contributed by atoms with Gasteiger partial charge in [-0.25, -0.2) is 0 Å². The predicted octanol–water partition coefficient (Wildman–Crippen LogP) is -0.721. The van der Waals surface area contributed by atoms with E-state index in [2.05, 4.69) is 15.1 Å². The van der Waals surface area contributed by atoms with Crippen LogP contribution in [0.1, 0.15) is 6.42 Å². The molecule has 102 valence electrons. The Bertz CT molecular complexity index is 301. The molecule has 1 aliphatic heterocycles. The molecule has 1 fully saturated rings. The lowest BCUT2D eigenvalue weighted by atomic mass is 10.2. The van der Waals surface area contributed by atoms with E-state index in [1.54, 1.807) is 0 Å². The third kappa shape index (κ3) is 5.96. The van der Waals surface area contributed by atoms with E-state index >= 15 is 0 Å². The van der Waals surface area contributed by atoms with Crippen molar-refractivity contribution in [3.63, 3.8) is 0 Å². The number of nitriles is 1. The largest absolute Gasteiger partial charge is 0.374 e. The standard InChI is InChI=1S/C12H22N4O2/c1-15(2)8-11-9-16(6-7-18-11)10-12(17)14-5-3-4-13/h11H,3,5-10H2,1-2H3,(H,14,17)/t11-/m0/s1. The molecule has 1 rings (SSSR count). The zero-order valence-corrected chi connectivity index (χ0v) is 11.2. The van der Waals surface area contributed by atoms with Crippen molar-refractivity contribution in [3.8, 4) is 6.07 Å². The highest BCUT2D eigenvalue weighted by atomic mass is 16.5. The highest BCUT2D eigenvalue weighted by molar-refractivity contribution is 5.78. The van der Waals surface area contributed by atoms with Crippen LogP contribution in [0.4, 0.5) is 0 Å². The number of nitrogens with zero attached hydrogens (tertiary/aromatic N) is 3. The van der Waals surface area contributed by atoms with Crippen molar-refractivity contribution in [2.75, 3.05) is 53.4 Å². The molecule has 0 unspecified atom stereocenters. The Balaban J connectivity index is 2.25. The van der Waals surface area contributed by atoms with E-state index in [1.165, 1.54) is 0 Å². The van der Waals surface area contributed by atoms with Crippen LogP contribution in [0.25, 0.3) is 0 Å². The second kappa shape index (κ2) is 8.03. The highest BCUT2D eigenvalue weighted by Crippen LogP contribution is 2.05. The summed E-state index contributed by atoms with van der Waals surface area (Å²) in [5.74, 6) is -0.0178. The number of hydrogen-bond acceptors (Lipinski definition) is 5. The number of rotatable bonds is 6. The van der Waals surface area contributed by atoms with Gasteiger partial charge in [-0.1, -0.05) is 0 Å². The van der Waals surface area contributed by atoms with Gasteiger partial charge in [0, 0.05) is 26.2 Å². The second-order valence-corrected chi connectivity index (χ2v) is 4.75. The number of carbonyl (C=O) groups is 1. The summed E-state index contributed by atoms with van der Waals surface area (Å²) in [6.45, 7) is 3.93. The first-order valence-electron chi connectivity index (χ1n) is 6.24. The molecule has 1 N–H and O–H groups in total. The molecule has 0 aromatic rings. The smallest absolute Gasteiger partial charge is 0.234 e. The minimum atomic E-state index is -0.0178. The zero-order valence-electron chi connectivity index (χ0n) is 11.2. The number of hydrogen-bond donors (Lipinski definition) is 1. The number of ether oxygens (including phenoxy) is 1. The van der Waals surface area contributed by atoms with E-state index in [9.17, 15) is 4.79 Å².